The predicted octanol–water partition coefficient (Wildman–Crippen LogP) is 2.61. The Labute approximate surface area is 143 Å². The van der Waals surface area contributed by atoms with E-state index in [9.17, 15) is 9.59 Å². The maximum absolute atomic E-state index is 13.0. The Kier molecular flexibility index (Phi) is 3.32. The summed E-state index contributed by atoms with van der Waals surface area (Å²) < 4.78 is 3.09. The van der Waals surface area contributed by atoms with Crippen LogP contribution >= 0.6 is 11.6 Å². The zero-order valence-electron chi connectivity index (χ0n) is 12.9. The minimum absolute atomic E-state index is 0.178. The van der Waals surface area contributed by atoms with Crippen molar-refractivity contribution in [3.05, 3.63) is 76.1 Å². The largest absolute Gasteiger partial charge is 0.284 e. The first-order valence-corrected chi connectivity index (χ1v) is 7.97. The highest BCUT2D eigenvalue weighted by Crippen LogP contribution is 2.27. The molecule has 24 heavy (non-hydrogen) atoms. The average molecular weight is 339 g/mol. The van der Waals surface area contributed by atoms with E-state index in [1.165, 1.54) is 4.68 Å². The first-order valence-electron chi connectivity index (χ1n) is 7.59. The first kappa shape index (κ1) is 14.8. The molecule has 0 bridgehead atoms. The van der Waals surface area contributed by atoms with E-state index in [-0.39, 0.29) is 11.6 Å². The molecule has 0 spiro atoms. The van der Waals surface area contributed by atoms with E-state index in [0.29, 0.717) is 39.8 Å². The number of benzene rings is 2. The number of carbonyl (C=O) groups is 2. The molecular weight excluding hydrogens is 326 g/mol. The van der Waals surface area contributed by atoms with Crippen LogP contribution in [0.2, 0.25) is 5.02 Å². The third kappa shape index (κ3) is 2.02. The SMILES string of the molecule is CC[n+]1nn(-c2ccc(Cl)cc2)c2c1C(=O)c1ccccc1C2=O. The third-order valence-corrected chi connectivity index (χ3v) is 4.36. The van der Waals surface area contributed by atoms with Crippen molar-refractivity contribution in [3.63, 3.8) is 0 Å². The van der Waals surface area contributed by atoms with Crippen LogP contribution in [-0.2, 0) is 6.54 Å². The fraction of sp³-hybridized carbons (Fsp3) is 0.111. The lowest BCUT2D eigenvalue weighted by Crippen LogP contribution is -2.42. The summed E-state index contributed by atoms with van der Waals surface area (Å²) in [4.78, 5) is 25.9. The molecule has 1 aliphatic rings. The van der Waals surface area contributed by atoms with Crippen LogP contribution < -0.4 is 4.68 Å². The van der Waals surface area contributed by atoms with Gasteiger partial charge in [-0.05, 0) is 31.2 Å². The molecule has 0 aliphatic heterocycles. The van der Waals surface area contributed by atoms with E-state index in [2.05, 4.69) is 5.21 Å². The molecule has 1 aromatic heterocycles. The zero-order chi connectivity index (χ0) is 16.8. The molecule has 0 N–H and O–H groups in total. The number of hydrogen-bond donors (Lipinski definition) is 0. The smallest absolute Gasteiger partial charge is 0.256 e. The van der Waals surface area contributed by atoms with Crippen molar-refractivity contribution in [2.24, 2.45) is 0 Å². The topological polar surface area (TPSA) is 55.8 Å². The molecule has 2 aromatic carbocycles. The Bertz CT molecular complexity index is 990. The molecule has 118 valence electrons. The molecule has 5 nitrogen and oxygen atoms in total. The summed E-state index contributed by atoms with van der Waals surface area (Å²) in [7, 11) is 0. The van der Waals surface area contributed by atoms with Gasteiger partial charge in [-0.15, -0.1) is 4.68 Å². The molecule has 0 amide bonds. The standard InChI is InChI=1S/C18H13ClN3O2/c1-2-21-15-16(22(20-21)12-9-7-11(19)8-10-12)18(24)14-6-4-3-5-13(14)17(15)23/h3-10H,2H2,1H3/q+1. The maximum Gasteiger partial charge on any atom is 0.256 e. The zero-order valence-corrected chi connectivity index (χ0v) is 13.6. The summed E-state index contributed by atoms with van der Waals surface area (Å²) >= 11 is 5.94. The van der Waals surface area contributed by atoms with Crippen LogP contribution in [0.1, 0.15) is 39.0 Å². The Balaban J connectivity index is 2.01. The van der Waals surface area contributed by atoms with Gasteiger partial charge < -0.3 is 0 Å². The van der Waals surface area contributed by atoms with Gasteiger partial charge in [-0.25, -0.2) is 0 Å². The fourth-order valence-corrected chi connectivity index (χ4v) is 3.09. The van der Waals surface area contributed by atoms with Gasteiger partial charge in [0.05, 0.1) is 5.21 Å². The van der Waals surface area contributed by atoms with Crippen LogP contribution in [0.25, 0.3) is 5.69 Å². The minimum Gasteiger partial charge on any atom is -0.284 e. The lowest BCUT2D eigenvalue weighted by atomic mass is 9.90. The monoisotopic (exact) mass is 338 g/mol. The van der Waals surface area contributed by atoms with E-state index in [4.69, 9.17) is 11.6 Å². The van der Waals surface area contributed by atoms with Crippen LogP contribution in [0, 0.1) is 0 Å². The second-order valence-corrected chi connectivity index (χ2v) is 5.93. The van der Waals surface area contributed by atoms with E-state index in [1.54, 1.807) is 53.2 Å². The number of halogens is 1. The Hall–Kier alpha value is -2.79. The molecule has 0 saturated carbocycles. The normalized spacial score (nSPS) is 12.9. The summed E-state index contributed by atoms with van der Waals surface area (Å²) in [5.41, 5.74) is 2.14. The lowest BCUT2D eigenvalue weighted by Gasteiger charge is -2.11. The number of carbonyl (C=O) groups excluding carboxylic acids is 2. The molecule has 0 unspecified atom stereocenters. The van der Waals surface area contributed by atoms with Gasteiger partial charge in [0, 0.05) is 16.1 Å². The predicted molar refractivity (Wildman–Crippen MR) is 87.8 cm³/mol. The second kappa shape index (κ2) is 5.39. The molecule has 0 saturated heterocycles. The van der Waals surface area contributed by atoms with Gasteiger partial charge in [-0.3, -0.25) is 9.59 Å². The minimum atomic E-state index is -0.199. The van der Waals surface area contributed by atoms with Crippen molar-refractivity contribution in [3.8, 4) is 5.69 Å². The fourth-order valence-electron chi connectivity index (χ4n) is 2.97. The highest BCUT2D eigenvalue weighted by atomic mass is 35.5. The van der Waals surface area contributed by atoms with Crippen molar-refractivity contribution in [1.82, 2.24) is 9.90 Å². The first-order chi connectivity index (χ1) is 11.6. The van der Waals surface area contributed by atoms with Crippen LogP contribution in [0.5, 0.6) is 0 Å². The van der Waals surface area contributed by atoms with Gasteiger partial charge >= 0.3 is 0 Å². The highest BCUT2D eigenvalue weighted by molar-refractivity contribution is 6.30. The number of ketones is 2. The molecule has 1 heterocycles. The van der Waals surface area contributed by atoms with Crippen molar-refractivity contribution in [2.45, 2.75) is 13.5 Å². The quantitative estimate of drug-likeness (QED) is 0.528. The molecule has 0 radical (unpaired) electrons. The molecular formula is C18H13ClN3O2+. The van der Waals surface area contributed by atoms with Crippen molar-refractivity contribution in [1.29, 1.82) is 0 Å². The van der Waals surface area contributed by atoms with Crippen molar-refractivity contribution < 1.29 is 14.3 Å². The number of fused-ring (bicyclic) bond motifs is 2. The van der Waals surface area contributed by atoms with Gasteiger partial charge in [-0.2, -0.15) is 0 Å². The third-order valence-electron chi connectivity index (χ3n) is 4.11. The van der Waals surface area contributed by atoms with E-state index < -0.39 is 0 Å². The number of aromatic nitrogens is 3. The number of hydrogen-bond acceptors (Lipinski definition) is 3. The summed E-state index contributed by atoms with van der Waals surface area (Å²) in [5, 5.41) is 5.04. The molecule has 4 rings (SSSR count). The van der Waals surface area contributed by atoms with Gasteiger partial charge in [0.2, 0.25) is 17.3 Å². The molecule has 1 aliphatic carbocycles. The Morgan fingerprint density at radius 2 is 1.62 bits per heavy atom. The van der Waals surface area contributed by atoms with E-state index in [0.717, 1.165) is 0 Å². The Morgan fingerprint density at radius 3 is 2.25 bits per heavy atom. The molecule has 3 aromatic rings. The summed E-state index contributed by atoms with van der Waals surface area (Å²) in [6.45, 7) is 2.38. The van der Waals surface area contributed by atoms with Crippen LogP contribution in [-0.4, -0.2) is 21.5 Å². The maximum atomic E-state index is 13.0. The summed E-state index contributed by atoms with van der Waals surface area (Å²) in [6.07, 6.45) is 0. The molecule has 6 heteroatoms. The number of nitrogens with zero attached hydrogens (tertiary/aromatic N) is 3. The van der Waals surface area contributed by atoms with Crippen molar-refractivity contribution in [2.75, 3.05) is 0 Å². The molecule has 0 atom stereocenters. The van der Waals surface area contributed by atoms with Crippen LogP contribution in [0.15, 0.2) is 48.5 Å². The number of rotatable bonds is 2. The van der Waals surface area contributed by atoms with Crippen LogP contribution in [0.4, 0.5) is 0 Å². The van der Waals surface area contributed by atoms with Gasteiger partial charge in [-0.1, -0.05) is 40.5 Å². The number of aryl methyl sites for hydroxylation is 1. The highest BCUT2D eigenvalue weighted by Gasteiger charge is 2.42. The van der Waals surface area contributed by atoms with Gasteiger partial charge in [0.1, 0.15) is 6.54 Å². The second-order valence-electron chi connectivity index (χ2n) is 5.49. The summed E-state index contributed by atoms with van der Waals surface area (Å²) in [6, 6.07) is 13.9. The van der Waals surface area contributed by atoms with Gasteiger partial charge in [0.15, 0.2) is 5.69 Å². The van der Waals surface area contributed by atoms with Crippen LogP contribution in [0.3, 0.4) is 0 Å². The lowest BCUT2D eigenvalue weighted by molar-refractivity contribution is -0.753. The average Bonchev–Trinajstić information content (AvgIpc) is 3.00. The molecule has 0 fully saturated rings. The van der Waals surface area contributed by atoms with Gasteiger partial charge in [0.25, 0.3) is 5.69 Å². The van der Waals surface area contributed by atoms with E-state index >= 15 is 0 Å². The summed E-state index contributed by atoms with van der Waals surface area (Å²) in [5.74, 6) is -0.378. The van der Waals surface area contributed by atoms with E-state index in [1.807, 2.05) is 6.92 Å². The Morgan fingerprint density at radius 1 is 1.00 bits per heavy atom. The van der Waals surface area contributed by atoms with Crippen molar-refractivity contribution >= 4 is 23.2 Å².